The van der Waals surface area contributed by atoms with Gasteiger partial charge in [0.25, 0.3) is 0 Å². The van der Waals surface area contributed by atoms with Crippen LogP contribution in [0.4, 0.5) is 5.69 Å². The highest BCUT2D eigenvalue weighted by Crippen LogP contribution is 2.52. The average Bonchev–Trinajstić information content (AvgIpc) is 2.78. The number of anilines is 1. The van der Waals surface area contributed by atoms with E-state index in [0.29, 0.717) is 6.61 Å². The fourth-order valence-corrected chi connectivity index (χ4v) is 3.29. The van der Waals surface area contributed by atoms with Crippen molar-refractivity contribution < 1.29 is 8.98 Å². The van der Waals surface area contributed by atoms with Gasteiger partial charge in [0.15, 0.2) is 0 Å². The molecule has 15 heavy (non-hydrogen) atoms. The van der Waals surface area contributed by atoms with Crippen LogP contribution in [-0.4, -0.2) is 12.5 Å². The van der Waals surface area contributed by atoms with Gasteiger partial charge in [-0.1, -0.05) is 15.9 Å². The summed E-state index contributed by atoms with van der Waals surface area (Å²) in [7, 11) is 0. The molecule has 1 atom stereocenters. The second-order valence-corrected chi connectivity index (χ2v) is 5.64. The quantitative estimate of drug-likeness (QED) is 0.745. The number of rotatable bonds is 0. The van der Waals surface area contributed by atoms with Gasteiger partial charge in [-0.3, -0.25) is 4.79 Å². The lowest BCUT2D eigenvalue weighted by Crippen LogP contribution is -2.28. The van der Waals surface area contributed by atoms with Crippen molar-refractivity contribution in [3.8, 4) is 0 Å². The average molecular weight is 286 g/mol. The molecule has 0 aromatic heterocycles. The summed E-state index contributed by atoms with van der Waals surface area (Å²) < 4.78 is 5.77. The number of amides is 1. The molecule has 2 heterocycles. The van der Waals surface area contributed by atoms with Crippen molar-refractivity contribution in [3.05, 3.63) is 28.2 Å². The molecule has 3 nitrogen and oxygen atoms in total. The Bertz CT molecular complexity index is 443. The first kappa shape index (κ1) is 9.69. The van der Waals surface area contributed by atoms with Crippen molar-refractivity contribution >= 4 is 39.6 Å². The van der Waals surface area contributed by atoms with Crippen LogP contribution in [0.25, 0.3) is 0 Å². The molecule has 1 amide bonds. The second kappa shape index (κ2) is 3.23. The normalized spacial score (nSPS) is 28.2. The predicted molar refractivity (Wildman–Crippen MR) is 62.6 cm³/mol. The van der Waals surface area contributed by atoms with Gasteiger partial charge in [0, 0.05) is 34.2 Å². The summed E-state index contributed by atoms with van der Waals surface area (Å²) in [5, 5.41) is 2.90. The van der Waals surface area contributed by atoms with Crippen LogP contribution in [0.15, 0.2) is 22.7 Å². The number of nitrogens with one attached hydrogen (secondary N) is 1. The van der Waals surface area contributed by atoms with Crippen molar-refractivity contribution in [3.63, 3.8) is 0 Å². The van der Waals surface area contributed by atoms with Gasteiger partial charge >= 0.3 is 0 Å². The Morgan fingerprint density at radius 2 is 2.40 bits per heavy atom. The zero-order valence-corrected chi connectivity index (χ0v) is 10.2. The Morgan fingerprint density at radius 3 is 3.13 bits per heavy atom. The van der Waals surface area contributed by atoms with Gasteiger partial charge in [-0.15, -0.1) is 0 Å². The van der Waals surface area contributed by atoms with Crippen molar-refractivity contribution in [2.45, 2.75) is 11.2 Å². The molecule has 1 N–H and O–H groups in total. The van der Waals surface area contributed by atoms with Crippen LogP contribution >= 0.6 is 28.0 Å². The van der Waals surface area contributed by atoms with Gasteiger partial charge in [0.2, 0.25) is 5.91 Å². The lowest BCUT2D eigenvalue weighted by atomic mass is 9.97. The molecule has 2 aliphatic heterocycles. The van der Waals surface area contributed by atoms with E-state index in [1.807, 2.05) is 18.2 Å². The lowest BCUT2D eigenvalue weighted by molar-refractivity contribution is -0.118. The summed E-state index contributed by atoms with van der Waals surface area (Å²) in [6.07, 6.45) is 0.743. The summed E-state index contributed by atoms with van der Waals surface area (Å²) in [5.41, 5.74) is 1.94. The Hall–Kier alpha value is -0.520. The van der Waals surface area contributed by atoms with Gasteiger partial charge in [0.1, 0.15) is 4.75 Å². The second-order valence-electron chi connectivity index (χ2n) is 3.63. The standard InChI is InChI=1S/C10H8BrNO2S/c11-6-1-2-8-7(5-6)10(9(13)12-8)3-4-14-15-10/h1-2,5H,3-4H2,(H,12,13)/t10-/m0/s1. The molecular formula is C10H8BrNO2S. The maximum absolute atomic E-state index is 11.9. The van der Waals surface area contributed by atoms with Gasteiger partial charge < -0.3 is 9.50 Å². The van der Waals surface area contributed by atoms with Crippen LogP contribution < -0.4 is 5.32 Å². The number of hydrogen-bond acceptors (Lipinski definition) is 3. The van der Waals surface area contributed by atoms with Gasteiger partial charge in [-0.05, 0) is 18.2 Å². The van der Waals surface area contributed by atoms with Crippen molar-refractivity contribution in [1.29, 1.82) is 0 Å². The van der Waals surface area contributed by atoms with E-state index in [1.54, 1.807) is 0 Å². The molecule has 5 heteroatoms. The first-order valence-electron chi connectivity index (χ1n) is 4.64. The molecule has 78 valence electrons. The highest BCUT2D eigenvalue weighted by atomic mass is 79.9. The molecule has 0 radical (unpaired) electrons. The van der Waals surface area contributed by atoms with Gasteiger partial charge in [-0.2, -0.15) is 0 Å². The van der Waals surface area contributed by atoms with Crippen molar-refractivity contribution in [2.24, 2.45) is 0 Å². The van der Waals surface area contributed by atoms with Gasteiger partial charge in [-0.25, -0.2) is 0 Å². The molecule has 0 aliphatic carbocycles. The number of carbonyl (C=O) groups excluding carboxylic acids is 1. The van der Waals surface area contributed by atoms with Crippen molar-refractivity contribution in [2.75, 3.05) is 11.9 Å². The number of fused-ring (bicyclic) bond motifs is 2. The van der Waals surface area contributed by atoms with Crippen LogP contribution in [0.5, 0.6) is 0 Å². The zero-order valence-electron chi connectivity index (χ0n) is 7.75. The van der Waals surface area contributed by atoms with E-state index in [2.05, 4.69) is 21.2 Å². The predicted octanol–water partition coefficient (Wildman–Crippen LogP) is 2.67. The minimum atomic E-state index is -0.515. The first-order chi connectivity index (χ1) is 7.22. The molecule has 1 aromatic carbocycles. The molecule has 1 aromatic rings. The number of carbonyl (C=O) groups is 1. The summed E-state index contributed by atoms with van der Waals surface area (Å²) in [4.78, 5) is 11.9. The Labute approximate surface area is 99.9 Å². The summed E-state index contributed by atoms with van der Waals surface area (Å²) >= 11 is 4.71. The molecule has 2 aliphatic rings. The molecular weight excluding hydrogens is 278 g/mol. The molecule has 0 unspecified atom stereocenters. The molecule has 1 saturated heterocycles. The Morgan fingerprint density at radius 1 is 1.53 bits per heavy atom. The van der Waals surface area contributed by atoms with Crippen LogP contribution in [0.1, 0.15) is 12.0 Å². The van der Waals surface area contributed by atoms with Crippen LogP contribution in [0.2, 0.25) is 0 Å². The SMILES string of the molecule is O=C1Nc2ccc(Br)cc2[C@@]12CCOS2. The minimum Gasteiger partial charge on any atom is -0.324 e. The summed E-state index contributed by atoms with van der Waals surface area (Å²) in [5.74, 6) is 0.0399. The van der Waals surface area contributed by atoms with E-state index in [1.165, 1.54) is 12.0 Å². The minimum absolute atomic E-state index is 0.0399. The molecule has 0 bridgehead atoms. The largest absolute Gasteiger partial charge is 0.324 e. The third-order valence-electron chi connectivity index (χ3n) is 2.77. The smallest absolute Gasteiger partial charge is 0.247 e. The maximum atomic E-state index is 11.9. The van der Waals surface area contributed by atoms with Crippen LogP contribution in [-0.2, 0) is 13.7 Å². The number of hydrogen-bond donors (Lipinski definition) is 1. The highest BCUT2D eigenvalue weighted by molar-refractivity contribution is 9.10. The lowest BCUT2D eigenvalue weighted by Gasteiger charge is -2.16. The number of halogens is 1. The topological polar surface area (TPSA) is 38.3 Å². The van der Waals surface area contributed by atoms with E-state index in [4.69, 9.17) is 4.18 Å². The Kier molecular flexibility index (Phi) is 2.09. The number of benzene rings is 1. The fourth-order valence-electron chi connectivity index (χ4n) is 2.01. The Balaban J connectivity index is 2.19. The van der Waals surface area contributed by atoms with E-state index in [-0.39, 0.29) is 5.91 Å². The maximum Gasteiger partial charge on any atom is 0.247 e. The fraction of sp³-hybridized carbons (Fsp3) is 0.300. The van der Waals surface area contributed by atoms with E-state index < -0.39 is 4.75 Å². The van der Waals surface area contributed by atoms with E-state index in [0.717, 1.165) is 22.1 Å². The van der Waals surface area contributed by atoms with E-state index >= 15 is 0 Å². The molecule has 3 rings (SSSR count). The summed E-state index contributed by atoms with van der Waals surface area (Å²) in [6.45, 7) is 0.629. The van der Waals surface area contributed by atoms with Crippen molar-refractivity contribution in [1.82, 2.24) is 0 Å². The first-order valence-corrected chi connectivity index (χ1v) is 6.18. The third-order valence-corrected chi connectivity index (χ3v) is 4.44. The van der Waals surface area contributed by atoms with Gasteiger partial charge in [0.05, 0.1) is 6.61 Å². The molecule has 1 spiro atoms. The monoisotopic (exact) mass is 285 g/mol. The molecule has 1 fully saturated rings. The zero-order chi connectivity index (χ0) is 10.5. The third kappa shape index (κ3) is 1.26. The molecule has 0 saturated carbocycles. The van der Waals surface area contributed by atoms with E-state index in [9.17, 15) is 4.79 Å². The highest BCUT2D eigenvalue weighted by Gasteiger charge is 2.51. The van der Waals surface area contributed by atoms with Crippen LogP contribution in [0, 0.1) is 0 Å². The summed E-state index contributed by atoms with van der Waals surface area (Å²) in [6, 6.07) is 5.85. The van der Waals surface area contributed by atoms with Crippen LogP contribution in [0.3, 0.4) is 0 Å².